The number of aromatic nitrogens is 1. The molecule has 3 amide bonds. The summed E-state index contributed by atoms with van der Waals surface area (Å²) in [7, 11) is 0. The second-order valence-electron chi connectivity index (χ2n) is 11.6. The lowest BCUT2D eigenvalue weighted by atomic mass is 9.96. The van der Waals surface area contributed by atoms with E-state index in [9.17, 15) is 9.59 Å². The van der Waals surface area contributed by atoms with Gasteiger partial charge in [0.15, 0.2) is 0 Å². The van der Waals surface area contributed by atoms with Gasteiger partial charge in [0.1, 0.15) is 17.3 Å². The zero-order chi connectivity index (χ0) is 29.9. The normalized spacial score (nSPS) is 19.2. The van der Waals surface area contributed by atoms with Crippen LogP contribution in [-0.2, 0) is 11.3 Å². The van der Waals surface area contributed by atoms with Gasteiger partial charge in [0, 0.05) is 56.2 Å². The van der Waals surface area contributed by atoms with Crippen LogP contribution >= 0.6 is 23.2 Å². The fourth-order valence-electron chi connectivity index (χ4n) is 6.16. The number of amides is 3. The third-order valence-corrected chi connectivity index (χ3v) is 8.86. The van der Waals surface area contributed by atoms with Crippen LogP contribution in [0.5, 0.6) is 11.5 Å². The van der Waals surface area contributed by atoms with E-state index in [1.54, 1.807) is 19.2 Å². The molecule has 4 heterocycles. The van der Waals surface area contributed by atoms with Crippen LogP contribution in [0.15, 0.2) is 54.7 Å². The van der Waals surface area contributed by atoms with Crippen molar-refractivity contribution in [1.82, 2.24) is 25.4 Å². The summed E-state index contributed by atoms with van der Waals surface area (Å²) in [4.78, 5) is 34.5. The van der Waals surface area contributed by atoms with Gasteiger partial charge in [-0.1, -0.05) is 23.2 Å². The number of likely N-dealkylation sites (tertiary alicyclic amines) is 1. The van der Waals surface area contributed by atoms with E-state index in [1.807, 2.05) is 35.2 Å². The topological polar surface area (TPSA) is 90.0 Å². The highest BCUT2D eigenvalue weighted by molar-refractivity contribution is 6.35. The van der Waals surface area contributed by atoms with Gasteiger partial charge in [-0.05, 0) is 97.1 Å². The van der Waals surface area contributed by atoms with Crippen LogP contribution in [0.2, 0.25) is 10.0 Å². The predicted molar refractivity (Wildman–Crippen MR) is 169 cm³/mol. The van der Waals surface area contributed by atoms with Crippen LogP contribution in [0.1, 0.15) is 25.3 Å². The Kier molecular flexibility index (Phi) is 8.93. The Balaban J connectivity index is 1.17. The SMILES string of the molecule is CC(=O)NCC1CCN(Cc2cc(Oc3ccc(N4CCN5C(=O)NCC5C4)nc3)cc(-c3cc(Cl)cc(Cl)c3)c2)CC1. The minimum atomic E-state index is 0.0226. The van der Waals surface area contributed by atoms with Crippen molar-refractivity contribution >= 4 is 41.0 Å². The van der Waals surface area contributed by atoms with Crippen molar-refractivity contribution in [2.45, 2.75) is 32.4 Å². The highest BCUT2D eigenvalue weighted by atomic mass is 35.5. The minimum absolute atomic E-state index is 0.0226. The zero-order valence-corrected chi connectivity index (χ0v) is 25.7. The average Bonchev–Trinajstić information content (AvgIpc) is 3.36. The molecule has 3 saturated heterocycles. The summed E-state index contributed by atoms with van der Waals surface area (Å²) in [6.07, 6.45) is 3.85. The second-order valence-corrected chi connectivity index (χ2v) is 12.5. The van der Waals surface area contributed by atoms with Crippen molar-refractivity contribution in [3.05, 3.63) is 70.3 Å². The molecule has 3 aliphatic heterocycles. The molecule has 0 radical (unpaired) electrons. The number of pyridine rings is 1. The number of benzene rings is 2. The van der Waals surface area contributed by atoms with Crippen molar-refractivity contribution in [2.24, 2.45) is 5.92 Å². The van der Waals surface area contributed by atoms with Crippen LogP contribution in [0, 0.1) is 5.92 Å². The van der Waals surface area contributed by atoms with E-state index in [2.05, 4.69) is 32.6 Å². The molecule has 2 N–H and O–H groups in total. The van der Waals surface area contributed by atoms with E-state index >= 15 is 0 Å². The van der Waals surface area contributed by atoms with Gasteiger partial charge in [-0.3, -0.25) is 9.69 Å². The number of carbonyl (C=O) groups excluding carboxylic acids is 2. The Morgan fingerprint density at radius 2 is 1.77 bits per heavy atom. The molecule has 2 aromatic carbocycles. The van der Waals surface area contributed by atoms with Gasteiger partial charge in [0.05, 0.1) is 12.2 Å². The number of urea groups is 1. The fraction of sp³-hybridized carbons (Fsp3) is 0.406. The monoisotopic (exact) mass is 622 g/mol. The quantitative estimate of drug-likeness (QED) is 0.349. The predicted octanol–water partition coefficient (Wildman–Crippen LogP) is 5.41. The molecule has 0 aliphatic carbocycles. The number of piperazine rings is 1. The Morgan fingerprint density at radius 3 is 2.49 bits per heavy atom. The van der Waals surface area contributed by atoms with Gasteiger partial charge in [-0.15, -0.1) is 0 Å². The first-order valence-electron chi connectivity index (χ1n) is 14.8. The Hall–Kier alpha value is -3.53. The molecule has 3 fully saturated rings. The first kappa shape index (κ1) is 29.5. The van der Waals surface area contributed by atoms with Crippen molar-refractivity contribution in [3.8, 4) is 22.6 Å². The molecule has 0 saturated carbocycles. The lowest BCUT2D eigenvalue weighted by Crippen LogP contribution is -2.52. The third kappa shape index (κ3) is 7.34. The van der Waals surface area contributed by atoms with E-state index < -0.39 is 0 Å². The summed E-state index contributed by atoms with van der Waals surface area (Å²) < 4.78 is 6.36. The van der Waals surface area contributed by atoms with Crippen LogP contribution in [-0.4, -0.2) is 78.6 Å². The molecule has 226 valence electrons. The lowest BCUT2D eigenvalue weighted by Gasteiger charge is -2.37. The van der Waals surface area contributed by atoms with Gasteiger partial charge in [-0.25, -0.2) is 9.78 Å². The number of ether oxygens (including phenoxy) is 1. The summed E-state index contributed by atoms with van der Waals surface area (Å²) in [6.45, 7) is 7.89. The maximum atomic E-state index is 11.9. The highest BCUT2D eigenvalue weighted by Gasteiger charge is 2.35. The van der Waals surface area contributed by atoms with Crippen LogP contribution in [0.3, 0.4) is 0 Å². The first-order chi connectivity index (χ1) is 20.8. The third-order valence-electron chi connectivity index (χ3n) is 8.43. The maximum Gasteiger partial charge on any atom is 0.317 e. The number of rotatable bonds is 8. The molecule has 43 heavy (non-hydrogen) atoms. The number of hydrogen-bond donors (Lipinski definition) is 2. The average molecular weight is 624 g/mol. The Morgan fingerprint density at radius 1 is 1.00 bits per heavy atom. The molecule has 11 heteroatoms. The number of nitrogens with zero attached hydrogens (tertiary/aromatic N) is 4. The smallest absolute Gasteiger partial charge is 0.317 e. The molecule has 3 aromatic rings. The maximum absolute atomic E-state index is 11.9. The molecule has 3 aliphatic rings. The summed E-state index contributed by atoms with van der Waals surface area (Å²) in [5.74, 6) is 2.76. The van der Waals surface area contributed by atoms with E-state index in [1.165, 1.54) is 0 Å². The fourth-order valence-corrected chi connectivity index (χ4v) is 6.69. The molecular formula is C32H36Cl2N6O3. The molecule has 1 unspecified atom stereocenters. The number of hydrogen-bond acceptors (Lipinski definition) is 6. The highest BCUT2D eigenvalue weighted by Crippen LogP contribution is 2.34. The molecule has 6 rings (SSSR count). The molecule has 0 spiro atoms. The van der Waals surface area contributed by atoms with Crippen molar-refractivity contribution in [2.75, 3.05) is 50.7 Å². The lowest BCUT2D eigenvalue weighted by molar-refractivity contribution is -0.119. The van der Waals surface area contributed by atoms with E-state index in [0.29, 0.717) is 40.6 Å². The van der Waals surface area contributed by atoms with Crippen LogP contribution < -0.4 is 20.3 Å². The molecule has 1 aromatic heterocycles. The summed E-state index contributed by atoms with van der Waals surface area (Å²) in [5, 5.41) is 7.04. The number of carbonyl (C=O) groups is 2. The number of piperidine rings is 1. The van der Waals surface area contributed by atoms with Gasteiger partial charge in [0.2, 0.25) is 5.91 Å². The first-order valence-corrected chi connectivity index (χ1v) is 15.6. The molecule has 1 atom stereocenters. The molecular weight excluding hydrogens is 587 g/mol. The van der Waals surface area contributed by atoms with E-state index in [-0.39, 0.29) is 18.0 Å². The number of halogens is 2. The number of anilines is 1. The van der Waals surface area contributed by atoms with Crippen LogP contribution in [0.25, 0.3) is 11.1 Å². The standard InChI is InChI=1S/C32H36Cl2N6O3/c1-21(41)35-16-22-4-6-38(7-5-22)19-23-10-24(25-12-26(33)15-27(34)13-25)14-30(11-23)43-29-2-3-31(36-18-29)39-8-9-40-28(20-39)17-37-32(40)42/h2-3,10-15,18,22,28H,4-9,16-17,19-20H2,1H3,(H,35,41)(H,37,42). The van der Waals surface area contributed by atoms with Gasteiger partial charge in [0.25, 0.3) is 0 Å². The zero-order valence-electron chi connectivity index (χ0n) is 24.2. The summed E-state index contributed by atoms with van der Waals surface area (Å²) in [5.41, 5.74) is 3.02. The number of nitrogens with one attached hydrogen (secondary N) is 2. The largest absolute Gasteiger partial charge is 0.456 e. The van der Waals surface area contributed by atoms with Gasteiger partial charge in [-0.2, -0.15) is 0 Å². The molecule has 0 bridgehead atoms. The van der Waals surface area contributed by atoms with Gasteiger partial charge < -0.3 is 25.2 Å². The van der Waals surface area contributed by atoms with Crippen molar-refractivity contribution in [1.29, 1.82) is 0 Å². The second kappa shape index (κ2) is 13.0. The van der Waals surface area contributed by atoms with Crippen LogP contribution in [0.4, 0.5) is 10.6 Å². The summed E-state index contributed by atoms with van der Waals surface area (Å²) in [6, 6.07) is 15.9. The summed E-state index contributed by atoms with van der Waals surface area (Å²) >= 11 is 12.7. The van der Waals surface area contributed by atoms with E-state index in [4.69, 9.17) is 32.9 Å². The molecule has 9 nitrogen and oxygen atoms in total. The Bertz CT molecular complexity index is 1460. The minimum Gasteiger partial charge on any atom is -0.456 e. The van der Waals surface area contributed by atoms with Crippen molar-refractivity contribution in [3.63, 3.8) is 0 Å². The van der Waals surface area contributed by atoms with Crippen molar-refractivity contribution < 1.29 is 14.3 Å². The van der Waals surface area contributed by atoms with Gasteiger partial charge >= 0.3 is 6.03 Å². The Labute approximate surface area is 262 Å². The number of fused-ring (bicyclic) bond motifs is 1. The van der Waals surface area contributed by atoms with E-state index in [0.717, 1.165) is 74.6 Å².